The van der Waals surface area contributed by atoms with E-state index in [-0.39, 0.29) is 18.5 Å². The first kappa shape index (κ1) is 14.4. The molecular formula is C16H27NO4. The van der Waals surface area contributed by atoms with Crippen molar-refractivity contribution in [2.24, 2.45) is 17.8 Å². The third-order valence-electron chi connectivity index (χ3n) is 6.24. The van der Waals surface area contributed by atoms with Gasteiger partial charge >= 0.3 is 0 Å². The third-order valence-corrected chi connectivity index (χ3v) is 6.24. The van der Waals surface area contributed by atoms with Gasteiger partial charge in [-0.25, -0.2) is 0 Å². The number of methoxy groups -OCH3 is 1. The Morgan fingerprint density at radius 1 is 1.29 bits per heavy atom. The van der Waals surface area contributed by atoms with Crippen LogP contribution in [-0.4, -0.2) is 61.0 Å². The molecule has 5 nitrogen and oxygen atoms in total. The molecule has 5 heteroatoms. The van der Waals surface area contributed by atoms with Crippen molar-refractivity contribution >= 4 is 0 Å². The normalized spacial score (nSPS) is 53.3. The molecular weight excluding hydrogens is 270 g/mol. The van der Waals surface area contributed by atoms with Crippen molar-refractivity contribution < 1.29 is 19.3 Å². The van der Waals surface area contributed by atoms with Crippen molar-refractivity contribution in [2.45, 2.75) is 56.9 Å². The number of aliphatic hydroxyl groups excluding tert-OH is 1. The van der Waals surface area contributed by atoms with E-state index in [0.29, 0.717) is 11.8 Å². The minimum atomic E-state index is -0.488. The molecule has 5 rings (SSSR count). The molecule has 0 aromatic carbocycles. The van der Waals surface area contributed by atoms with Crippen molar-refractivity contribution in [1.82, 2.24) is 4.90 Å². The number of aliphatic hydroxyl groups is 1. The van der Waals surface area contributed by atoms with Crippen molar-refractivity contribution in [1.29, 1.82) is 0 Å². The van der Waals surface area contributed by atoms with Gasteiger partial charge in [-0.15, -0.1) is 0 Å². The molecule has 21 heavy (non-hydrogen) atoms. The summed E-state index contributed by atoms with van der Waals surface area (Å²) in [5.41, 5.74) is -0.488. The molecule has 7 atom stereocenters. The van der Waals surface area contributed by atoms with Crippen LogP contribution in [0.15, 0.2) is 0 Å². The fourth-order valence-electron chi connectivity index (χ4n) is 5.13. The second-order valence-electron chi connectivity index (χ2n) is 7.32. The van der Waals surface area contributed by atoms with Gasteiger partial charge in [0.2, 0.25) is 0 Å². The SMILES string of the molecule is CO[C@@H]1O[C@H]2O[C@@]3(CN4CCCCC4)[C@@H]1[C@@H](C[C@@H]3O)C2C. The fraction of sp³-hybridized carbons (Fsp3) is 1.00. The molecule has 4 saturated heterocycles. The van der Waals surface area contributed by atoms with Crippen LogP contribution in [0.25, 0.3) is 0 Å². The third kappa shape index (κ3) is 2.01. The largest absolute Gasteiger partial charge is 0.390 e. The second kappa shape index (κ2) is 5.17. The number of nitrogens with zero attached hydrogens (tertiary/aromatic N) is 1. The molecule has 0 spiro atoms. The first-order valence-electron chi connectivity index (χ1n) is 8.42. The molecule has 4 aliphatic heterocycles. The standard InChI is InChI=1S/C16H27NO4/c1-10-11-8-12(18)16(9-17-6-4-3-5-7-17)13(11)15(19-2)20-14(10)21-16/h10-15,18H,3-9H2,1-2H3/t10?,11-,12-,13+,14-,15+,16+/m0/s1. The summed E-state index contributed by atoms with van der Waals surface area (Å²) in [4.78, 5) is 2.47. The molecule has 1 saturated carbocycles. The highest BCUT2D eigenvalue weighted by molar-refractivity contribution is 5.13. The number of rotatable bonds is 3. The minimum absolute atomic E-state index is 0.152. The van der Waals surface area contributed by atoms with Gasteiger partial charge in [-0.3, -0.25) is 0 Å². The van der Waals surface area contributed by atoms with Gasteiger partial charge in [0.15, 0.2) is 12.6 Å². The van der Waals surface area contributed by atoms with Gasteiger partial charge in [0.1, 0.15) is 5.60 Å². The summed E-state index contributed by atoms with van der Waals surface area (Å²) in [5, 5.41) is 10.8. The minimum Gasteiger partial charge on any atom is -0.390 e. The smallest absolute Gasteiger partial charge is 0.166 e. The van der Waals surface area contributed by atoms with Crippen molar-refractivity contribution in [2.75, 3.05) is 26.7 Å². The Labute approximate surface area is 126 Å². The topological polar surface area (TPSA) is 51.2 Å². The molecule has 0 radical (unpaired) electrons. The zero-order valence-electron chi connectivity index (χ0n) is 13.0. The van der Waals surface area contributed by atoms with Crippen LogP contribution >= 0.6 is 0 Å². The average molecular weight is 297 g/mol. The number of hydrogen-bond acceptors (Lipinski definition) is 5. The molecule has 0 aromatic heterocycles. The van der Waals surface area contributed by atoms with Gasteiger partial charge in [0.05, 0.1) is 6.10 Å². The summed E-state index contributed by atoms with van der Waals surface area (Å²) >= 11 is 0. The van der Waals surface area contributed by atoms with Gasteiger partial charge in [-0.1, -0.05) is 13.3 Å². The number of fused-ring (bicyclic) bond motifs is 1. The number of hydrogen-bond donors (Lipinski definition) is 1. The summed E-state index contributed by atoms with van der Waals surface area (Å²) < 4.78 is 17.8. The van der Waals surface area contributed by atoms with Gasteiger partial charge in [-0.05, 0) is 38.3 Å². The highest BCUT2D eigenvalue weighted by Crippen LogP contribution is 2.58. The van der Waals surface area contributed by atoms with Crippen molar-refractivity contribution in [3.05, 3.63) is 0 Å². The highest BCUT2D eigenvalue weighted by atomic mass is 16.8. The van der Waals surface area contributed by atoms with Crippen LogP contribution in [-0.2, 0) is 14.2 Å². The molecule has 0 aromatic rings. The predicted octanol–water partition coefficient (Wildman–Crippen LogP) is 1.20. The lowest BCUT2D eigenvalue weighted by Gasteiger charge is -2.56. The molecule has 120 valence electrons. The monoisotopic (exact) mass is 297 g/mol. The van der Waals surface area contributed by atoms with E-state index in [1.165, 1.54) is 19.3 Å². The van der Waals surface area contributed by atoms with Crippen LogP contribution in [0.1, 0.15) is 32.6 Å². The summed E-state index contributed by atoms with van der Waals surface area (Å²) in [6.45, 7) is 5.24. The number of likely N-dealkylation sites (tertiary alicyclic amines) is 1. The second-order valence-corrected chi connectivity index (χ2v) is 7.32. The van der Waals surface area contributed by atoms with E-state index in [2.05, 4.69) is 11.8 Å². The molecule has 1 aliphatic carbocycles. The Kier molecular flexibility index (Phi) is 3.54. The van der Waals surface area contributed by atoms with Crippen molar-refractivity contribution in [3.63, 3.8) is 0 Å². The summed E-state index contributed by atoms with van der Waals surface area (Å²) in [6.07, 6.45) is 3.79. The van der Waals surface area contributed by atoms with Crippen LogP contribution in [0.2, 0.25) is 0 Å². The van der Waals surface area contributed by atoms with Crippen LogP contribution in [0.3, 0.4) is 0 Å². The van der Waals surface area contributed by atoms with Crippen LogP contribution < -0.4 is 0 Å². The lowest BCUT2D eigenvalue weighted by atomic mass is 9.73. The summed E-state index contributed by atoms with van der Waals surface area (Å²) in [5.74, 6) is 0.940. The van der Waals surface area contributed by atoms with E-state index in [1.54, 1.807) is 7.11 Å². The summed E-state index contributed by atoms with van der Waals surface area (Å²) in [7, 11) is 1.70. The highest BCUT2D eigenvalue weighted by Gasteiger charge is 2.69. The van der Waals surface area contributed by atoms with Gasteiger partial charge in [0, 0.05) is 25.5 Å². The molecule has 1 N–H and O–H groups in total. The van der Waals surface area contributed by atoms with E-state index < -0.39 is 11.7 Å². The first-order valence-corrected chi connectivity index (χ1v) is 8.42. The number of piperidine rings is 1. The van der Waals surface area contributed by atoms with Crippen LogP contribution in [0, 0.1) is 17.8 Å². The lowest BCUT2D eigenvalue weighted by Crippen LogP contribution is -2.68. The van der Waals surface area contributed by atoms with Crippen LogP contribution in [0.5, 0.6) is 0 Å². The van der Waals surface area contributed by atoms with Gasteiger partial charge < -0.3 is 24.2 Å². The Bertz CT molecular complexity index is 400. The van der Waals surface area contributed by atoms with E-state index >= 15 is 0 Å². The Hall–Kier alpha value is -0.200. The molecule has 5 aliphatic rings. The molecule has 4 heterocycles. The van der Waals surface area contributed by atoms with E-state index in [9.17, 15) is 5.11 Å². The van der Waals surface area contributed by atoms with Gasteiger partial charge in [0.25, 0.3) is 0 Å². The maximum atomic E-state index is 10.8. The van der Waals surface area contributed by atoms with E-state index in [4.69, 9.17) is 14.2 Å². The molecule has 4 bridgehead atoms. The van der Waals surface area contributed by atoms with E-state index in [0.717, 1.165) is 26.1 Å². The maximum absolute atomic E-state index is 10.8. The van der Waals surface area contributed by atoms with E-state index in [1.807, 2.05) is 0 Å². The Morgan fingerprint density at radius 3 is 2.76 bits per heavy atom. The van der Waals surface area contributed by atoms with Gasteiger partial charge in [-0.2, -0.15) is 0 Å². The molecule has 1 unspecified atom stereocenters. The fourth-order valence-corrected chi connectivity index (χ4v) is 5.13. The Balaban J connectivity index is 1.62. The molecule has 0 amide bonds. The quantitative estimate of drug-likeness (QED) is 0.848. The zero-order valence-corrected chi connectivity index (χ0v) is 13.0. The maximum Gasteiger partial charge on any atom is 0.166 e. The van der Waals surface area contributed by atoms with Crippen LogP contribution in [0.4, 0.5) is 0 Å². The first-order chi connectivity index (χ1) is 10.2. The average Bonchev–Trinajstić information content (AvgIpc) is 2.75. The molecule has 5 fully saturated rings. The lowest BCUT2D eigenvalue weighted by molar-refractivity contribution is -0.410. The van der Waals surface area contributed by atoms with Crippen molar-refractivity contribution in [3.8, 4) is 0 Å². The predicted molar refractivity (Wildman–Crippen MR) is 76.5 cm³/mol. The number of ether oxygens (including phenoxy) is 3. The Morgan fingerprint density at radius 2 is 2.05 bits per heavy atom. The summed E-state index contributed by atoms with van der Waals surface area (Å²) in [6, 6.07) is 0. The zero-order chi connectivity index (χ0) is 14.6.